The zero-order valence-electron chi connectivity index (χ0n) is 11.7. The fraction of sp³-hybridized carbons (Fsp3) is 0.462. The summed E-state index contributed by atoms with van der Waals surface area (Å²) < 4.78 is 15.5. The Bertz CT molecular complexity index is 598. The van der Waals surface area contributed by atoms with Crippen LogP contribution in [0, 0.1) is 12.7 Å². The predicted octanol–water partition coefficient (Wildman–Crippen LogP) is 2.93. The van der Waals surface area contributed by atoms with E-state index in [2.05, 4.69) is 43.7 Å². The molecule has 0 aliphatic heterocycles. The number of aromatic nitrogens is 4. The first-order valence-electron chi connectivity index (χ1n) is 6.52. The monoisotopic (exact) mass is 341 g/mol. The molecule has 0 radical (unpaired) electrons. The Balaban J connectivity index is 2.39. The summed E-state index contributed by atoms with van der Waals surface area (Å²) in [5, 5.41) is 15.2. The minimum atomic E-state index is -0.293. The van der Waals surface area contributed by atoms with Gasteiger partial charge in [0.05, 0.1) is 16.2 Å². The van der Waals surface area contributed by atoms with E-state index in [1.54, 1.807) is 10.7 Å². The van der Waals surface area contributed by atoms with Crippen LogP contribution in [0.5, 0.6) is 0 Å². The third-order valence-corrected chi connectivity index (χ3v) is 3.66. The standard InChI is InChI=1S/C13H17BrFN5/c1-4-5-16-9(3)13-17-18-19-20(13)12-7-10(14)11(15)6-8(12)2/h6-7,9,16H,4-5H2,1-3H3. The maximum atomic E-state index is 13.5. The number of halogens is 2. The highest BCUT2D eigenvalue weighted by atomic mass is 79.9. The van der Waals surface area contributed by atoms with Gasteiger partial charge in [-0.05, 0) is 70.9 Å². The van der Waals surface area contributed by atoms with Crippen LogP contribution in [-0.2, 0) is 0 Å². The Morgan fingerprint density at radius 3 is 2.90 bits per heavy atom. The molecule has 1 N–H and O–H groups in total. The van der Waals surface area contributed by atoms with Crippen molar-refractivity contribution in [1.29, 1.82) is 0 Å². The van der Waals surface area contributed by atoms with Crippen LogP contribution >= 0.6 is 15.9 Å². The molecule has 0 fully saturated rings. The highest BCUT2D eigenvalue weighted by Crippen LogP contribution is 2.24. The van der Waals surface area contributed by atoms with E-state index in [0.717, 1.165) is 24.2 Å². The van der Waals surface area contributed by atoms with Gasteiger partial charge in [-0.2, -0.15) is 4.68 Å². The highest BCUT2D eigenvalue weighted by Gasteiger charge is 2.17. The lowest BCUT2D eigenvalue weighted by molar-refractivity contribution is 0.530. The summed E-state index contributed by atoms with van der Waals surface area (Å²) in [6.07, 6.45) is 1.03. The average molecular weight is 342 g/mol. The van der Waals surface area contributed by atoms with Crippen molar-refractivity contribution in [2.24, 2.45) is 0 Å². The molecule has 108 valence electrons. The lowest BCUT2D eigenvalue weighted by atomic mass is 10.2. The van der Waals surface area contributed by atoms with E-state index < -0.39 is 0 Å². The quantitative estimate of drug-likeness (QED) is 0.908. The topological polar surface area (TPSA) is 55.6 Å². The predicted molar refractivity (Wildman–Crippen MR) is 78.3 cm³/mol. The van der Waals surface area contributed by atoms with Crippen LogP contribution in [-0.4, -0.2) is 26.8 Å². The van der Waals surface area contributed by atoms with Crippen LogP contribution in [0.25, 0.3) is 5.69 Å². The number of benzene rings is 1. The molecule has 0 aliphatic carbocycles. The van der Waals surface area contributed by atoms with Gasteiger partial charge in [0.15, 0.2) is 5.82 Å². The molecule has 2 aromatic rings. The number of rotatable bonds is 5. The molecule has 0 aliphatic rings. The van der Waals surface area contributed by atoms with Crippen LogP contribution in [0.3, 0.4) is 0 Å². The maximum Gasteiger partial charge on any atom is 0.173 e. The van der Waals surface area contributed by atoms with Crippen LogP contribution in [0.4, 0.5) is 4.39 Å². The number of hydrogen-bond donors (Lipinski definition) is 1. The molecule has 0 saturated carbocycles. The molecule has 0 bridgehead atoms. The molecule has 0 saturated heterocycles. The van der Waals surface area contributed by atoms with Gasteiger partial charge in [-0.25, -0.2) is 4.39 Å². The van der Waals surface area contributed by atoms with Gasteiger partial charge in [0.25, 0.3) is 0 Å². The molecular weight excluding hydrogens is 325 g/mol. The summed E-state index contributed by atoms with van der Waals surface area (Å²) in [6, 6.07) is 3.18. The van der Waals surface area contributed by atoms with Gasteiger partial charge in [0.2, 0.25) is 0 Å². The Kier molecular flexibility index (Phi) is 4.82. The molecule has 1 aromatic heterocycles. The van der Waals surface area contributed by atoms with E-state index in [9.17, 15) is 4.39 Å². The second-order valence-electron chi connectivity index (χ2n) is 4.68. The van der Waals surface area contributed by atoms with Crippen LogP contribution in [0.15, 0.2) is 16.6 Å². The van der Waals surface area contributed by atoms with E-state index in [1.165, 1.54) is 6.07 Å². The maximum absolute atomic E-state index is 13.5. The average Bonchev–Trinajstić information content (AvgIpc) is 2.89. The molecule has 2 rings (SSSR count). The number of nitrogens with one attached hydrogen (secondary N) is 1. The second kappa shape index (κ2) is 6.41. The first-order chi connectivity index (χ1) is 9.54. The van der Waals surface area contributed by atoms with Crippen molar-refractivity contribution >= 4 is 15.9 Å². The van der Waals surface area contributed by atoms with Crippen molar-refractivity contribution in [3.63, 3.8) is 0 Å². The first kappa shape index (κ1) is 15.1. The third kappa shape index (κ3) is 3.04. The van der Waals surface area contributed by atoms with Gasteiger partial charge < -0.3 is 5.32 Å². The zero-order valence-corrected chi connectivity index (χ0v) is 13.3. The van der Waals surface area contributed by atoms with Gasteiger partial charge in [-0.3, -0.25) is 0 Å². The van der Waals surface area contributed by atoms with Crippen molar-refractivity contribution < 1.29 is 4.39 Å². The van der Waals surface area contributed by atoms with Gasteiger partial charge >= 0.3 is 0 Å². The van der Waals surface area contributed by atoms with Crippen molar-refractivity contribution in [3.05, 3.63) is 33.8 Å². The lowest BCUT2D eigenvalue weighted by Crippen LogP contribution is -2.23. The summed E-state index contributed by atoms with van der Waals surface area (Å²) in [4.78, 5) is 0. The SMILES string of the molecule is CCCNC(C)c1nnnn1-c1cc(Br)c(F)cc1C. The minimum absolute atomic E-state index is 0.0215. The largest absolute Gasteiger partial charge is 0.307 e. The second-order valence-corrected chi connectivity index (χ2v) is 5.53. The smallest absolute Gasteiger partial charge is 0.173 e. The van der Waals surface area contributed by atoms with E-state index >= 15 is 0 Å². The Morgan fingerprint density at radius 2 is 2.20 bits per heavy atom. The molecule has 1 heterocycles. The van der Waals surface area contributed by atoms with Gasteiger partial charge in [0.1, 0.15) is 5.82 Å². The zero-order chi connectivity index (χ0) is 14.7. The number of nitrogens with zero attached hydrogens (tertiary/aromatic N) is 4. The number of hydrogen-bond acceptors (Lipinski definition) is 4. The summed E-state index contributed by atoms with van der Waals surface area (Å²) >= 11 is 3.20. The van der Waals surface area contributed by atoms with E-state index in [1.807, 2.05) is 13.8 Å². The van der Waals surface area contributed by atoms with Gasteiger partial charge in [0, 0.05) is 0 Å². The first-order valence-corrected chi connectivity index (χ1v) is 7.31. The third-order valence-electron chi connectivity index (χ3n) is 3.05. The van der Waals surface area contributed by atoms with Crippen molar-refractivity contribution in [1.82, 2.24) is 25.5 Å². The molecule has 1 atom stereocenters. The van der Waals surface area contributed by atoms with Gasteiger partial charge in [-0.1, -0.05) is 6.92 Å². The van der Waals surface area contributed by atoms with Crippen LogP contribution < -0.4 is 5.32 Å². The van der Waals surface area contributed by atoms with E-state index in [-0.39, 0.29) is 11.9 Å². The molecule has 0 spiro atoms. The lowest BCUT2D eigenvalue weighted by Gasteiger charge is -2.14. The summed E-state index contributed by atoms with van der Waals surface area (Å²) in [5.74, 6) is 0.415. The molecular formula is C13H17BrFN5. The van der Waals surface area contributed by atoms with Crippen molar-refractivity contribution in [3.8, 4) is 5.69 Å². The Hall–Kier alpha value is -1.34. The minimum Gasteiger partial charge on any atom is -0.307 e. The summed E-state index contributed by atoms with van der Waals surface area (Å²) in [7, 11) is 0. The number of tetrazole rings is 1. The summed E-state index contributed by atoms with van der Waals surface area (Å²) in [6.45, 7) is 6.83. The molecule has 5 nitrogen and oxygen atoms in total. The van der Waals surface area contributed by atoms with E-state index in [0.29, 0.717) is 10.3 Å². The normalized spacial score (nSPS) is 12.7. The molecule has 20 heavy (non-hydrogen) atoms. The number of aryl methyl sites for hydroxylation is 1. The Morgan fingerprint density at radius 1 is 1.45 bits per heavy atom. The Labute approximate surface area is 125 Å². The molecule has 7 heteroatoms. The van der Waals surface area contributed by atoms with Crippen LogP contribution in [0.1, 0.15) is 37.7 Å². The summed E-state index contributed by atoms with van der Waals surface area (Å²) in [5.41, 5.74) is 1.55. The van der Waals surface area contributed by atoms with Crippen molar-refractivity contribution in [2.45, 2.75) is 33.2 Å². The molecule has 1 aromatic carbocycles. The molecule has 0 amide bonds. The van der Waals surface area contributed by atoms with Crippen LogP contribution in [0.2, 0.25) is 0 Å². The molecule has 1 unspecified atom stereocenters. The fourth-order valence-electron chi connectivity index (χ4n) is 1.95. The van der Waals surface area contributed by atoms with E-state index in [4.69, 9.17) is 0 Å². The fourth-order valence-corrected chi connectivity index (χ4v) is 2.28. The highest BCUT2D eigenvalue weighted by molar-refractivity contribution is 9.10. The van der Waals surface area contributed by atoms with Crippen molar-refractivity contribution in [2.75, 3.05) is 6.54 Å². The van der Waals surface area contributed by atoms with Gasteiger partial charge in [-0.15, -0.1) is 5.10 Å².